The number of carboxylic acid groups (broad SMARTS) is 1. The number of ether oxygens (including phenoxy) is 1. The Bertz CT molecular complexity index is 625. The Morgan fingerprint density at radius 3 is 2.90 bits per heavy atom. The highest BCUT2D eigenvalue weighted by atomic mass is 32.2. The first-order valence-corrected chi connectivity index (χ1v) is 6.67. The van der Waals surface area contributed by atoms with Crippen LogP contribution in [0.15, 0.2) is 18.4 Å². The number of aliphatic hydroxyl groups excluding tert-OH is 1. The predicted octanol–water partition coefficient (Wildman–Crippen LogP) is 0.493. The van der Waals surface area contributed by atoms with Gasteiger partial charge in [0.05, 0.1) is 18.2 Å². The van der Waals surface area contributed by atoms with E-state index in [1.165, 1.54) is 23.0 Å². The summed E-state index contributed by atoms with van der Waals surface area (Å²) < 4.78 is 6.34. The highest BCUT2D eigenvalue weighted by molar-refractivity contribution is 8.08. The maximum atomic E-state index is 11.9. The van der Waals surface area contributed by atoms with E-state index in [2.05, 4.69) is 4.98 Å². The fraction of sp³-hybridized carbons (Fsp3) is 0.364. The van der Waals surface area contributed by atoms with Crippen molar-refractivity contribution in [3.8, 4) is 0 Å². The van der Waals surface area contributed by atoms with Gasteiger partial charge in [-0.25, -0.2) is 9.78 Å². The number of thioether (sulfide) groups is 1. The van der Waals surface area contributed by atoms with Gasteiger partial charge in [-0.3, -0.25) is 14.3 Å². The number of rotatable bonds is 3. The Labute approximate surface area is 117 Å². The molecular weight excluding hydrogens is 286 g/mol. The number of aliphatic hydroxyl groups is 1. The van der Waals surface area contributed by atoms with Crippen molar-refractivity contribution in [3.05, 3.63) is 24.1 Å². The van der Waals surface area contributed by atoms with Gasteiger partial charge in [-0.05, 0) is 6.92 Å². The summed E-state index contributed by atoms with van der Waals surface area (Å²) in [6.45, 7) is 1.52. The maximum Gasteiger partial charge on any atom is 0.512 e. The number of hydrogen-bond acceptors (Lipinski definition) is 6. The van der Waals surface area contributed by atoms with Gasteiger partial charge in [-0.15, -0.1) is 0 Å². The molecule has 0 saturated carbocycles. The van der Waals surface area contributed by atoms with E-state index < -0.39 is 12.1 Å². The third kappa shape index (κ3) is 1.78. The van der Waals surface area contributed by atoms with Gasteiger partial charge in [0.15, 0.2) is 0 Å². The minimum absolute atomic E-state index is 0.0281. The smallest absolute Gasteiger partial charge is 0.449 e. The Kier molecular flexibility index (Phi) is 2.94. The summed E-state index contributed by atoms with van der Waals surface area (Å²) in [4.78, 5) is 28.0. The summed E-state index contributed by atoms with van der Waals surface area (Å²) in [5.41, 5.74) is 0.757. The number of β-lactam (4-membered cyclic amide) rings is 1. The van der Waals surface area contributed by atoms with Gasteiger partial charge < -0.3 is 14.9 Å². The van der Waals surface area contributed by atoms with Gasteiger partial charge in [-0.2, -0.15) is 0 Å². The number of nitrogens with zero attached hydrogens (tertiary/aromatic N) is 3. The molecule has 3 heterocycles. The zero-order chi connectivity index (χ0) is 14.4. The Balaban J connectivity index is 1.99. The van der Waals surface area contributed by atoms with E-state index in [-0.39, 0.29) is 23.8 Å². The summed E-state index contributed by atoms with van der Waals surface area (Å²) >= 11 is 1.27. The zero-order valence-electron chi connectivity index (χ0n) is 10.4. The lowest BCUT2D eigenvalue weighted by molar-refractivity contribution is -0.151. The lowest BCUT2D eigenvalue weighted by atomic mass is 10.00. The fourth-order valence-electron chi connectivity index (χ4n) is 2.19. The summed E-state index contributed by atoms with van der Waals surface area (Å²) in [6.07, 6.45) is 1.74. The summed E-state index contributed by atoms with van der Waals surface area (Å²) in [7, 11) is 0. The third-order valence-electron chi connectivity index (χ3n) is 3.11. The first kappa shape index (κ1) is 13.0. The lowest BCUT2D eigenvalue weighted by Gasteiger charge is -2.40. The molecule has 20 heavy (non-hydrogen) atoms. The molecule has 106 valence electrons. The van der Waals surface area contributed by atoms with Crippen molar-refractivity contribution in [2.24, 2.45) is 5.92 Å². The second kappa shape index (κ2) is 4.53. The molecule has 1 aromatic rings. The number of aryl methyl sites for hydroxylation is 1. The minimum Gasteiger partial charge on any atom is -0.449 e. The van der Waals surface area contributed by atoms with E-state index in [0.29, 0.717) is 5.03 Å². The zero-order valence-corrected chi connectivity index (χ0v) is 11.2. The van der Waals surface area contributed by atoms with Crippen molar-refractivity contribution in [1.82, 2.24) is 14.5 Å². The average molecular weight is 297 g/mol. The molecule has 3 rings (SSSR count). The molecule has 1 aromatic heterocycles. The van der Waals surface area contributed by atoms with E-state index in [1.54, 1.807) is 17.7 Å². The van der Waals surface area contributed by atoms with Crippen LogP contribution in [0.1, 0.15) is 5.69 Å². The number of amides is 1. The molecular formula is C11H11N3O5S. The van der Waals surface area contributed by atoms with Crippen LogP contribution in [0.5, 0.6) is 0 Å². The molecule has 2 atom stereocenters. The van der Waals surface area contributed by atoms with Gasteiger partial charge in [0.1, 0.15) is 16.7 Å². The summed E-state index contributed by atoms with van der Waals surface area (Å²) in [5, 5.41) is 18.1. The molecule has 0 bridgehead atoms. The molecule has 9 heteroatoms. The van der Waals surface area contributed by atoms with Gasteiger partial charge in [0.25, 0.3) is 0 Å². The van der Waals surface area contributed by atoms with Crippen molar-refractivity contribution in [2.45, 2.75) is 12.3 Å². The highest BCUT2D eigenvalue weighted by Crippen LogP contribution is 2.51. The molecule has 0 aromatic carbocycles. The van der Waals surface area contributed by atoms with Crippen molar-refractivity contribution < 1.29 is 24.5 Å². The number of hydrogen-bond donors (Lipinski definition) is 2. The topological polar surface area (TPSA) is 105 Å². The molecule has 0 unspecified atom stereocenters. The van der Waals surface area contributed by atoms with Gasteiger partial charge >= 0.3 is 6.16 Å². The number of carbonyl (C=O) groups excluding carboxylic acids is 1. The second-order valence-corrected chi connectivity index (χ2v) is 5.51. The van der Waals surface area contributed by atoms with Crippen LogP contribution in [0, 0.1) is 12.8 Å². The van der Waals surface area contributed by atoms with Crippen molar-refractivity contribution in [3.63, 3.8) is 0 Å². The van der Waals surface area contributed by atoms with Crippen LogP contribution in [0.3, 0.4) is 0 Å². The number of aromatic nitrogens is 2. The van der Waals surface area contributed by atoms with Gasteiger partial charge in [0, 0.05) is 6.20 Å². The molecule has 1 fully saturated rings. The van der Waals surface area contributed by atoms with Crippen molar-refractivity contribution in [1.29, 1.82) is 0 Å². The Hall–Kier alpha value is -2.00. The van der Waals surface area contributed by atoms with Crippen LogP contribution in [0.2, 0.25) is 0 Å². The second-order valence-electron chi connectivity index (χ2n) is 4.41. The molecule has 2 aliphatic heterocycles. The minimum atomic E-state index is -1.49. The molecule has 0 radical (unpaired) electrons. The van der Waals surface area contributed by atoms with Crippen molar-refractivity contribution in [2.75, 3.05) is 6.61 Å². The van der Waals surface area contributed by atoms with E-state index in [1.807, 2.05) is 0 Å². The van der Waals surface area contributed by atoms with E-state index in [0.717, 1.165) is 5.69 Å². The van der Waals surface area contributed by atoms with Gasteiger partial charge in [-0.1, -0.05) is 11.8 Å². The third-order valence-corrected chi connectivity index (χ3v) is 4.50. The number of fused-ring (bicyclic) bond motifs is 1. The highest BCUT2D eigenvalue weighted by Gasteiger charge is 2.56. The van der Waals surface area contributed by atoms with Crippen LogP contribution in [0.4, 0.5) is 4.79 Å². The van der Waals surface area contributed by atoms with Crippen LogP contribution in [-0.4, -0.2) is 48.7 Å². The SMILES string of the molecule is Cc1cn(C2=C(OC(=O)O)N3C(=O)[C@H](CO)[C@H]3S2)cn1. The van der Waals surface area contributed by atoms with E-state index >= 15 is 0 Å². The van der Waals surface area contributed by atoms with Crippen LogP contribution in [-0.2, 0) is 9.53 Å². The fourth-order valence-corrected chi connectivity index (χ4v) is 3.55. The molecule has 1 amide bonds. The normalized spacial score (nSPS) is 24.7. The molecule has 8 nitrogen and oxygen atoms in total. The summed E-state index contributed by atoms with van der Waals surface area (Å²) in [6, 6.07) is 0. The summed E-state index contributed by atoms with van der Waals surface area (Å²) in [5.74, 6) is -0.901. The quantitative estimate of drug-likeness (QED) is 0.618. The van der Waals surface area contributed by atoms with Crippen molar-refractivity contribution >= 4 is 28.9 Å². The first-order valence-electron chi connectivity index (χ1n) is 5.79. The van der Waals surface area contributed by atoms with Crippen LogP contribution >= 0.6 is 11.8 Å². The average Bonchev–Trinajstić information content (AvgIpc) is 2.91. The monoisotopic (exact) mass is 297 g/mol. The lowest BCUT2D eigenvalue weighted by Crippen LogP contribution is -2.58. The maximum absolute atomic E-state index is 11.9. The Morgan fingerprint density at radius 2 is 2.35 bits per heavy atom. The molecule has 0 spiro atoms. The van der Waals surface area contributed by atoms with E-state index in [9.17, 15) is 14.7 Å². The predicted molar refractivity (Wildman–Crippen MR) is 68.1 cm³/mol. The number of imidazole rings is 1. The standard InChI is InChI=1S/C11H11N3O5S/c1-5-2-13(4-12-5)10-8(19-11(17)18)14-7(16)6(3-15)9(14)20-10/h2,4,6,9,15H,3H2,1H3,(H,17,18)/t6-,9+/m0/s1. The molecule has 0 aliphatic carbocycles. The first-order chi connectivity index (χ1) is 9.52. The van der Waals surface area contributed by atoms with Crippen LogP contribution in [0.25, 0.3) is 5.03 Å². The van der Waals surface area contributed by atoms with Gasteiger partial charge in [0.2, 0.25) is 11.8 Å². The Morgan fingerprint density at radius 1 is 1.60 bits per heavy atom. The molecule has 1 saturated heterocycles. The number of carbonyl (C=O) groups is 2. The van der Waals surface area contributed by atoms with Crippen LogP contribution < -0.4 is 0 Å². The molecule has 2 aliphatic rings. The van der Waals surface area contributed by atoms with E-state index in [4.69, 9.17) is 9.84 Å². The molecule has 2 N–H and O–H groups in total. The largest absolute Gasteiger partial charge is 0.512 e.